The van der Waals surface area contributed by atoms with Crippen molar-refractivity contribution in [3.05, 3.63) is 59.0 Å². The van der Waals surface area contributed by atoms with Crippen LogP contribution >= 0.6 is 0 Å². The molecule has 0 aliphatic heterocycles. The number of hydrogen-bond donors (Lipinski definition) is 2. The zero-order chi connectivity index (χ0) is 25.6. The first-order valence-corrected chi connectivity index (χ1v) is 14.0. The van der Waals surface area contributed by atoms with E-state index >= 15 is 0 Å². The average Bonchev–Trinajstić information content (AvgIpc) is 3.65. The van der Waals surface area contributed by atoms with E-state index in [2.05, 4.69) is 22.5 Å². The Morgan fingerprint density at radius 1 is 1.03 bits per heavy atom. The normalized spacial score (nSPS) is 15.9. The van der Waals surface area contributed by atoms with Crippen molar-refractivity contribution in [1.82, 2.24) is 20.1 Å². The number of nitrogens with one attached hydrogen (secondary N) is 1. The van der Waals surface area contributed by atoms with Crippen LogP contribution < -0.4 is 5.32 Å². The van der Waals surface area contributed by atoms with Gasteiger partial charge in [-0.05, 0) is 87.5 Å². The summed E-state index contributed by atoms with van der Waals surface area (Å²) >= 11 is 0. The first-order chi connectivity index (χ1) is 18.1. The second-order valence-corrected chi connectivity index (χ2v) is 10.8. The monoisotopic (exact) mass is 502 g/mol. The van der Waals surface area contributed by atoms with Gasteiger partial charge in [0, 0.05) is 28.9 Å². The van der Waals surface area contributed by atoms with Gasteiger partial charge in [-0.15, -0.1) is 0 Å². The molecule has 2 N–H and O–H groups in total. The molecule has 2 aliphatic rings. The summed E-state index contributed by atoms with van der Waals surface area (Å²) in [6.45, 7) is 0.871. The van der Waals surface area contributed by atoms with E-state index in [1.807, 2.05) is 23.0 Å². The Labute approximate surface area is 218 Å². The van der Waals surface area contributed by atoms with Crippen LogP contribution in [-0.4, -0.2) is 37.8 Å². The van der Waals surface area contributed by atoms with Crippen molar-refractivity contribution in [3.63, 3.8) is 0 Å². The fourth-order valence-electron chi connectivity index (χ4n) is 5.35. The highest BCUT2D eigenvalue weighted by molar-refractivity contribution is 5.99. The number of hydrogen-bond acceptors (Lipinski definition) is 4. The van der Waals surface area contributed by atoms with E-state index in [0.717, 1.165) is 62.4 Å². The molecule has 1 atom stereocenters. The van der Waals surface area contributed by atoms with Gasteiger partial charge in [0.15, 0.2) is 0 Å². The topological polar surface area (TPSA) is 97.1 Å². The van der Waals surface area contributed by atoms with Crippen molar-refractivity contribution in [2.24, 2.45) is 5.92 Å². The van der Waals surface area contributed by atoms with Crippen molar-refractivity contribution in [2.45, 2.75) is 96.1 Å². The van der Waals surface area contributed by atoms with Crippen molar-refractivity contribution >= 4 is 22.8 Å². The Kier molecular flexibility index (Phi) is 8.17. The van der Waals surface area contributed by atoms with Crippen molar-refractivity contribution in [1.29, 1.82) is 0 Å². The third-order valence-electron chi connectivity index (χ3n) is 7.80. The van der Waals surface area contributed by atoms with Crippen LogP contribution in [0.5, 0.6) is 0 Å². The highest BCUT2D eigenvalue weighted by atomic mass is 16.4. The standard InChI is InChI=1S/C30H38N4O3/c35-29(23-14-15-24-19-31-34(28(24)18-23)20-21-12-13-21)33-27(30(36)37)11-5-3-1-2-4-9-25-17-16-22-8-6-7-10-26(22)32-25/h14-19,21,27H,1-13,20H2,(H,33,35)(H,36,37). The second-order valence-electron chi connectivity index (χ2n) is 10.8. The van der Waals surface area contributed by atoms with Crippen LogP contribution in [0.3, 0.4) is 0 Å². The molecule has 1 unspecified atom stereocenters. The number of benzene rings is 1. The molecule has 7 heteroatoms. The summed E-state index contributed by atoms with van der Waals surface area (Å²) < 4.78 is 1.96. The Hall–Kier alpha value is -3.22. The smallest absolute Gasteiger partial charge is 0.326 e. The van der Waals surface area contributed by atoms with E-state index in [1.54, 1.807) is 6.07 Å². The lowest BCUT2D eigenvalue weighted by atomic mass is 9.95. The van der Waals surface area contributed by atoms with Crippen molar-refractivity contribution in [2.75, 3.05) is 0 Å². The van der Waals surface area contributed by atoms with Gasteiger partial charge >= 0.3 is 5.97 Å². The number of carboxylic acids is 1. The highest BCUT2D eigenvalue weighted by Gasteiger charge is 2.24. The predicted octanol–water partition coefficient (Wildman–Crippen LogP) is 5.49. The van der Waals surface area contributed by atoms with Gasteiger partial charge in [-0.2, -0.15) is 5.10 Å². The SMILES string of the molecule is O=C(NC(CCCCCCCc1ccc2c(n1)CCCC2)C(=O)O)c1ccc2cnn(CC3CC3)c2c1. The molecule has 196 valence electrons. The number of carbonyl (C=O) groups is 2. The van der Waals surface area contributed by atoms with Crippen LogP contribution in [0, 0.1) is 5.92 Å². The lowest BCUT2D eigenvalue weighted by Crippen LogP contribution is -2.40. The Morgan fingerprint density at radius 3 is 2.68 bits per heavy atom. The maximum atomic E-state index is 12.9. The van der Waals surface area contributed by atoms with Crippen LogP contribution in [0.1, 0.15) is 91.5 Å². The number of pyridine rings is 1. The Balaban J connectivity index is 1.04. The molecule has 7 nitrogen and oxygen atoms in total. The van der Waals surface area contributed by atoms with Gasteiger partial charge < -0.3 is 10.4 Å². The first-order valence-electron chi connectivity index (χ1n) is 14.0. The number of aryl methyl sites for hydroxylation is 3. The molecule has 3 aromatic rings. The lowest BCUT2D eigenvalue weighted by molar-refractivity contribution is -0.139. The molecule has 0 radical (unpaired) electrons. The van der Waals surface area contributed by atoms with Gasteiger partial charge in [0.25, 0.3) is 5.91 Å². The van der Waals surface area contributed by atoms with Crippen LogP contribution in [0.2, 0.25) is 0 Å². The number of aliphatic carboxylic acids is 1. The minimum Gasteiger partial charge on any atom is -0.480 e. The molecule has 2 heterocycles. The fourth-order valence-corrected chi connectivity index (χ4v) is 5.35. The summed E-state index contributed by atoms with van der Waals surface area (Å²) in [5, 5.41) is 17.9. The molecule has 0 saturated heterocycles. The molecule has 1 aromatic carbocycles. The molecule has 37 heavy (non-hydrogen) atoms. The Bertz CT molecular complexity index is 1250. The molecular formula is C30H38N4O3. The molecule has 1 fully saturated rings. The number of carbonyl (C=O) groups excluding carboxylic acids is 1. The predicted molar refractivity (Wildman–Crippen MR) is 144 cm³/mol. The van der Waals surface area contributed by atoms with Gasteiger partial charge in [0.1, 0.15) is 6.04 Å². The number of rotatable bonds is 13. The summed E-state index contributed by atoms with van der Waals surface area (Å²) in [6.07, 6.45) is 15.6. The Morgan fingerprint density at radius 2 is 1.84 bits per heavy atom. The van der Waals surface area contributed by atoms with Crippen LogP contribution in [0.25, 0.3) is 10.9 Å². The van der Waals surface area contributed by atoms with E-state index in [1.165, 1.54) is 49.1 Å². The zero-order valence-corrected chi connectivity index (χ0v) is 21.6. The molecule has 2 aliphatic carbocycles. The molecule has 5 rings (SSSR count). The van der Waals surface area contributed by atoms with Crippen LogP contribution in [-0.2, 0) is 30.6 Å². The quantitative estimate of drug-likeness (QED) is 0.301. The van der Waals surface area contributed by atoms with Gasteiger partial charge in [-0.3, -0.25) is 14.5 Å². The summed E-state index contributed by atoms with van der Waals surface area (Å²) in [5.74, 6) is -0.644. The molecule has 0 bridgehead atoms. The van der Waals surface area contributed by atoms with E-state index in [4.69, 9.17) is 4.98 Å². The number of unbranched alkanes of at least 4 members (excludes halogenated alkanes) is 4. The number of aromatic nitrogens is 3. The lowest BCUT2D eigenvalue weighted by Gasteiger charge is -2.15. The van der Waals surface area contributed by atoms with Crippen LogP contribution in [0.15, 0.2) is 36.5 Å². The van der Waals surface area contributed by atoms with Crippen molar-refractivity contribution < 1.29 is 14.7 Å². The van der Waals surface area contributed by atoms with Crippen LogP contribution in [0.4, 0.5) is 0 Å². The fraction of sp³-hybridized carbons (Fsp3) is 0.533. The summed E-state index contributed by atoms with van der Waals surface area (Å²) in [4.78, 5) is 29.5. The minimum atomic E-state index is -0.980. The average molecular weight is 503 g/mol. The maximum absolute atomic E-state index is 12.9. The van der Waals surface area contributed by atoms with Crippen molar-refractivity contribution in [3.8, 4) is 0 Å². The zero-order valence-electron chi connectivity index (χ0n) is 21.6. The first kappa shape index (κ1) is 25.4. The summed E-state index contributed by atoms with van der Waals surface area (Å²) in [7, 11) is 0. The molecule has 2 aromatic heterocycles. The molecule has 1 amide bonds. The van der Waals surface area contributed by atoms with Gasteiger partial charge in [-0.25, -0.2) is 4.79 Å². The third kappa shape index (κ3) is 6.76. The number of nitrogens with zero attached hydrogens (tertiary/aromatic N) is 3. The van der Waals surface area contributed by atoms with Gasteiger partial charge in [0.2, 0.25) is 0 Å². The number of fused-ring (bicyclic) bond motifs is 2. The number of carboxylic acid groups (broad SMARTS) is 1. The third-order valence-corrected chi connectivity index (χ3v) is 7.80. The number of amides is 1. The van der Waals surface area contributed by atoms with Gasteiger partial charge in [-0.1, -0.05) is 37.8 Å². The molecule has 0 spiro atoms. The largest absolute Gasteiger partial charge is 0.480 e. The maximum Gasteiger partial charge on any atom is 0.326 e. The van der Waals surface area contributed by atoms with E-state index in [0.29, 0.717) is 17.9 Å². The van der Waals surface area contributed by atoms with E-state index in [9.17, 15) is 14.7 Å². The van der Waals surface area contributed by atoms with E-state index < -0.39 is 12.0 Å². The highest BCUT2D eigenvalue weighted by Crippen LogP contribution is 2.31. The summed E-state index contributed by atoms with van der Waals surface area (Å²) in [6, 6.07) is 9.03. The van der Waals surface area contributed by atoms with E-state index in [-0.39, 0.29) is 5.91 Å². The minimum absolute atomic E-state index is 0.342. The molecule has 1 saturated carbocycles. The molecular weight excluding hydrogens is 464 g/mol. The second kappa shape index (κ2) is 11.9. The van der Waals surface area contributed by atoms with Gasteiger partial charge in [0.05, 0.1) is 11.7 Å². The summed E-state index contributed by atoms with van der Waals surface area (Å²) in [5.41, 5.74) is 5.33.